The Labute approximate surface area is 171 Å². The molecule has 6 rings (SSSR count). The van der Waals surface area contributed by atoms with Crippen molar-refractivity contribution in [2.45, 2.75) is 50.9 Å². The van der Waals surface area contributed by atoms with E-state index >= 15 is 0 Å². The van der Waals surface area contributed by atoms with E-state index in [4.69, 9.17) is 9.97 Å². The molecule has 1 fully saturated rings. The number of amides is 1. The molecule has 0 N–H and O–H groups in total. The van der Waals surface area contributed by atoms with Crippen molar-refractivity contribution in [2.75, 3.05) is 11.4 Å². The third kappa shape index (κ3) is 1.79. The average Bonchev–Trinajstić information content (AvgIpc) is 3.29. The first kappa shape index (κ1) is 17.1. The summed E-state index contributed by atoms with van der Waals surface area (Å²) in [5.74, 6) is 0.208. The Balaban J connectivity index is 1.60. The van der Waals surface area contributed by atoms with Gasteiger partial charge in [0.05, 0.1) is 27.8 Å². The van der Waals surface area contributed by atoms with Gasteiger partial charge in [-0.15, -0.1) is 0 Å². The second-order valence-electron chi connectivity index (χ2n) is 9.61. The van der Waals surface area contributed by atoms with Crippen LogP contribution in [0.5, 0.6) is 0 Å². The van der Waals surface area contributed by atoms with Crippen molar-refractivity contribution < 1.29 is 4.79 Å². The molecule has 4 nitrogen and oxygen atoms in total. The Morgan fingerprint density at radius 1 is 0.897 bits per heavy atom. The summed E-state index contributed by atoms with van der Waals surface area (Å²) in [6, 6.07) is 16.3. The molecule has 2 unspecified atom stereocenters. The second kappa shape index (κ2) is 5.24. The third-order valence-corrected chi connectivity index (χ3v) is 8.44. The topological polar surface area (TPSA) is 46.1 Å². The van der Waals surface area contributed by atoms with Crippen LogP contribution in [0, 0.1) is 5.41 Å². The zero-order valence-corrected chi connectivity index (χ0v) is 17.2. The molecule has 1 aliphatic heterocycles. The highest BCUT2D eigenvalue weighted by molar-refractivity contribution is 6.05. The van der Waals surface area contributed by atoms with Crippen LogP contribution in [0.2, 0.25) is 0 Å². The minimum Gasteiger partial charge on any atom is -0.311 e. The molecule has 0 radical (unpaired) electrons. The minimum absolute atomic E-state index is 0.145. The molecule has 2 heterocycles. The third-order valence-electron chi connectivity index (χ3n) is 8.44. The number of nitrogens with zero attached hydrogens (tertiary/aromatic N) is 3. The number of aromatic nitrogens is 2. The Kier molecular flexibility index (Phi) is 3.09. The van der Waals surface area contributed by atoms with Crippen LogP contribution in [0.4, 0.5) is 5.69 Å². The summed E-state index contributed by atoms with van der Waals surface area (Å²) in [6.07, 6.45) is 2.74. The van der Waals surface area contributed by atoms with Gasteiger partial charge in [-0.1, -0.05) is 51.1 Å². The number of carbonyl (C=O) groups excluding carboxylic acids is 1. The first-order valence-electron chi connectivity index (χ1n) is 10.6. The maximum absolute atomic E-state index is 14.3. The van der Waals surface area contributed by atoms with Crippen molar-refractivity contribution in [1.82, 2.24) is 9.97 Å². The number of hydrogen-bond donors (Lipinski definition) is 0. The molecule has 3 aromatic rings. The molecule has 1 saturated carbocycles. The van der Waals surface area contributed by atoms with Gasteiger partial charge in [0.15, 0.2) is 0 Å². The van der Waals surface area contributed by atoms with Gasteiger partial charge >= 0.3 is 0 Å². The molecule has 2 bridgehead atoms. The van der Waals surface area contributed by atoms with E-state index in [1.54, 1.807) is 0 Å². The van der Waals surface area contributed by atoms with Gasteiger partial charge in [0.25, 0.3) is 0 Å². The van der Waals surface area contributed by atoms with Crippen molar-refractivity contribution >= 4 is 22.6 Å². The highest BCUT2D eigenvalue weighted by Gasteiger charge is 2.73. The van der Waals surface area contributed by atoms with Gasteiger partial charge in [0, 0.05) is 17.6 Å². The molecule has 2 aliphatic carbocycles. The monoisotopic (exact) mass is 383 g/mol. The zero-order valence-electron chi connectivity index (χ0n) is 17.2. The van der Waals surface area contributed by atoms with Crippen LogP contribution < -0.4 is 4.90 Å². The highest BCUT2D eigenvalue weighted by atomic mass is 16.2. The molecule has 146 valence electrons. The van der Waals surface area contributed by atoms with Crippen molar-refractivity contribution in [1.29, 1.82) is 0 Å². The summed E-state index contributed by atoms with van der Waals surface area (Å²) in [6.45, 7) is 7.56. The van der Waals surface area contributed by atoms with Crippen molar-refractivity contribution in [2.24, 2.45) is 5.41 Å². The van der Waals surface area contributed by atoms with Crippen molar-refractivity contribution in [3.63, 3.8) is 0 Å². The SMILES string of the molecule is CC12CCC(C(=O)N3CCc4ccccc43)(c3nc4ccccc4nc31)C2(C)C. The number of rotatable bonds is 1. The molecule has 4 heteroatoms. The van der Waals surface area contributed by atoms with E-state index in [0.717, 1.165) is 53.9 Å². The predicted octanol–water partition coefficient (Wildman–Crippen LogP) is 4.55. The van der Waals surface area contributed by atoms with Crippen molar-refractivity contribution in [3.05, 3.63) is 65.5 Å². The van der Waals surface area contributed by atoms with Gasteiger partial charge < -0.3 is 4.90 Å². The lowest BCUT2D eigenvalue weighted by molar-refractivity contribution is -0.127. The van der Waals surface area contributed by atoms with Crippen molar-refractivity contribution in [3.8, 4) is 0 Å². The molecule has 1 aromatic heterocycles. The molecule has 3 aliphatic rings. The lowest BCUT2D eigenvalue weighted by Crippen LogP contribution is -2.52. The van der Waals surface area contributed by atoms with Crippen LogP contribution in [-0.4, -0.2) is 22.4 Å². The van der Waals surface area contributed by atoms with E-state index in [-0.39, 0.29) is 16.7 Å². The second-order valence-corrected chi connectivity index (χ2v) is 9.61. The van der Waals surface area contributed by atoms with Gasteiger partial charge in [-0.2, -0.15) is 0 Å². The van der Waals surface area contributed by atoms with Gasteiger partial charge in [0.2, 0.25) is 5.91 Å². The van der Waals surface area contributed by atoms with E-state index in [1.807, 2.05) is 35.2 Å². The van der Waals surface area contributed by atoms with Crippen LogP contribution in [0.3, 0.4) is 0 Å². The highest BCUT2D eigenvalue weighted by Crippen LogP contribution is 2.70. The van der Waals surface area contributed by atoms with Gasteiger partial charge in [-0.25, -0.2) is 9.97 Å². The van der Waals surface area contributed by atoms with E-state index in [0.29, 0.717) is 0 Å². The average molecular weight is 383 g/mol. The molecule has 0 saturated heterocycles. The molecule has 29 heavy (non-hydrogen) atoms. The zero-order chi connectivity index (χ0) is 20.0. The van der Waals surface area contributed by atoms with Gasteiger partial charge in [-0.3, -0.25) is 4.79 Å². The Morgan fingerprint density at radius 3 is 2.31 bits per heavy atom. The van der Waals surface area contributed by atoms with Crippen LogP contribution in [0.15, 0.2) is 48.5 Å². The number of benzene rings is 2. The van der Waals surface area contributed by atoms with Crippen LogP contribution in [-0.2, 0) is 22.0 Å². The molecular formula is C25H25N3O. The summed E-state index contributed by atoms with van der Waals surface area (Å²) in [4.78, 5) is 26.5. The fourth-order valence-electron chi connectivity index (χ4n) is 6.30. The summed E-state index contributed by atoms with van der Waals surface area (Å²) < 4.78 is 0. The van der Waals surface area contributed by atoms with Crippen LogP contribution >= 0.6 is 0 Å². The van der Waals surface area contributed by atoms with Gasteiger partial charge in [0.1, 0.15) is 0 Å². The Morgan fingerprint density at radius 2 is 1.55 bits per heavy atom. The molecular weight excluding hydrogens is 358 g/mol. The smallest absolute Gasteiger partial charge is 0.239 e. The standard InChI is InChI=1S/C25H25N3O/c1-23(2)24(3)13-14-25(23,21-20(24)26-17-9-5-6-10-18(17)27-21)22(29)28-15-12-16-8-4-7-11-19(16)28/h4-11H,12-15H2,1-3H3. The minimum atomic E-state index is -0.619. The fourth-order valence-corrected chi connectivity index (χ4v) is 6.30. The fraction of sp³-hybridized carbons (Fsp3) is 0.400. The quantitative estimate of drug-likeness (QED) is 0.619. The number of fused-ring (bicyclic) bond motifs is 7. The first-order chi connectivity index (χ1) is 13.9. The van der Waals surface area contributed by atoms with Crippen LogP contribution in [0.25, 0.3) is 11.0 Å². The summed E-state index contributed by atoms with van der Waals surface area (Å²) in [5, 5.41) is 0. The number of carbonyl (C=O) groups is 1. The molecule has 2 aromatic carbocycles. The van der Waals surface area contributed by atoms with E-state index in [2.05, 4.69) is 39.0 Å². The normalized spacial score (nSPS) is 28.6. The molecule has 0 spiro atoms. The number of anilines is 1. The molecule has 2 atom stereocenters. The summed E-state index contributed by atoms with van der Waals surface area (Å²) >= 11 is 0. The first-order valence-corrected chi connectivity index (χ1v) is 10.6. The lowest BCUT2D eigenvalue weighted by atomic mass is 9.63. The summed E-state index contributed by atoms with van der Waals surface area (Å²) in [7, 11) is 0. The lowest BCUT2D eigenvalue weighted by Gasteiger charge is -2.41. The Bertz CT molecular complexity index is 1200. The van der Waals surface area contributed by atoms with Crippen LogP contribution in [0.1, 0.15) is 50.6 Å². The number of para-hydroxylation sites is 3. The number of hydrogen-bond acceptors (Lipinski definition) is 3. The maximum atomic E-state index is 14.3. The maximum Gasteiger partial charge on any atom is 0.239 e. The Hall–Kier alpha value is -2.75. The van der Waals surface area contributed by atoms with Gasteiger partial charge in [-0.05, 0) is 48.4 Å². The molecule has 1 amide bonds. The van der Waals surface area contributed by atoms with E-state index < -0.39 is 5.41 Å². The summed E-state index contributed by atoms with van der Waals surface area (Å²) in [5.41, 5.74) is 5.08. The largest absolute Gasteiger partial charge is 0.311 e. The van der Waals surface area contributed by atoms with E-state index in [1.165, 1.54) is 5.56 Å². The predicted molar refractivity (Wildman–Crippen MR) is 114 cm³/mol. The van der Waals surface area contributed by atoms with E-state index in [9.17, 15) is 4.79 Å².